The van der Waals surface area contributed by atoms with Gasteiger partial charge in [0.2, 0.25) is 0 Å². The van der Waals surface area contributed by atoms with Crippen LogP contribution in [0.3, 0.4) is 0 Å². The predicted molar refractivity (Wildman–Crippen MR) is 81.0 cm³/mol. The highest BCUT2D eigenvalue weighted by atomic mass is 32.2. The van der Waals surface area contributed by atoms with Crippen LogP contribution in [0, 0.1) is 12.3 Å². The number of nitrogens with one attached hydrogen (secondary N) is 1. The molecule has 2 rings (SSSR count). The molecule has 0 aromatic heterocycles. The molecule has 1 aliphatic heterocycles. The molecule has 102 valence electrons. The number of thioether (sulfide) groups is 1. The van der Waals surface area contributed by atoms with Gasteiger partial charge in [-0.3, -0.25) is 4.90 Å². The van der Waals surface area contributed by atoms with Crippen LogP contribution in [0.1, 0.15) is 38.5 Å². The van der Waals surface area contributed by atoms with Crippen molar-refractivity contribution >= 4 is 11.8 Å². The summed E-state index contributed by atoms with van der Waals surface area (Å²) in [6, 6.07) is 1.49. The molecule has 0 amide bonds. The molecule has 2 unspecified atom stereocenters. The molecule has 0 bridgehead atoms. The highest BCUT2D eigenvalue weighted by molar-refractivity contribution is 7.99. The van der Waals surface area contributed by atoms with E-state index in [0.717, 1.165) is 23.9 Å². The topological polar surface area (TPSA) is 15.3 Å². The summed E-state index contributed by atoms with van der Waals surface area (Å²) in [4.78, 5) is 2.39. The first-order valence-corrected chi connectivity index (χ1v) is 8.55. The molecule has 0 aromatic carbocycles. The van der Waals surface area contributed by atoms with E-state index in [1.807, 2.05) is 11.8 Å². The normalized spacial score (nSPS) is 31.1. The van der Waals surface area contributed by atoms with Crippen molar-refractivity contribution in [3.8, 4) is 12.3 Å². The largest absolute Gasteiger partial charge is 0.311 e. The summed E-state index contributed by atoms with van der Waals surface area (Å²) in [5, 5.41) is 4.78. The molecule has 1 N–H and O–H groups in total. The summed E-state index contributed by atoms with van der Waals surface area (Å²) in [5.74, 6) is 2.75. The molecule has 18 heavy (non-hydrogen) atoms. The highest BCUT2D eigenvalue weighted by Crippen LogP contribution is 2.27. The molecule has 0 spiro atoms. The Morgan fingerprint density at radius 1 is 1.22 bits per heavy atom. The van der Waals surface area contributed by atoms with Gasteiger partial charge in [0.05, 0.1) is 6.54 Å². The molecular formula is C15H26N2S. The van der Waals surface area contributed by atoms with Crippen molar-refractivity contribution in [1.82, 2.24) is 10.2 Å². The zero-order valence-corrected chi connectivity index (χ0v) is 12.3. The Balaban J connectivity index is 1.69. The van der Waals surface area contributed by atoms with E-state index in [-0.39, 0.29) is 0 Å². The second-order valence-electron chi connectivity index (χ2n) is 5.64. The van der Waals surface area contributed by atoms with Crippen LogP contribution < -0.4 is 5.32 Å². The molecule has 3 heteroatoms. The van der Waals surface area contributed by atoms with Crippen LogP contribution in [0.25, 0.3) is 0 Å². The van der Waals surface area contributed by atoms with Gasteiger partial charge in [-0.05, 0) is 38.4 Å². The zero-order chi connectivity index (χ0) is 12.8. The number of likely N-dealkylation sites (tertiary alicyclic amines) is 1. The molecule has 1 aliphatic carbocycles. The van der Waals surface area contributed by atoms with E-state index in [1.165, 1.54) is 51.6 Å². The van der Waals surface area contributed by atoms with Crippen LogP contribution in [0.2, 0.25) is 0 Å². The zero-order valence-electron chi connectivity index (χ0n) is 11.5. The first-order valence-electron chi connectivity index (χ1n) is 7.26. The van der Waals surface area contributed by atoms with Gasteiger partial charge >= 0.3 is 0 Å². The lowest BCUT2D eigenvalue weighted by Crippen LogP contribution is -2.47. The third-order valence-electron chi connectivity index (χ3n) is 4.33. The average Bonchev–Trinajstić information content (AvgIpc) is 2.42. The standard InChI is InChI=1S/C15H26N2S/c1-3-9-17-10-7-13(8-11-17)16-14-5-4-6-15(12-14)18-2/h1,13-16H,4-12H2,2H3. The maximum Gasteiger partial charge on any atom is 0.0598 e. The van der Waals surface area contributed by atoms with E-state index >= 15 is 0 Å². The molecule has 1 saturated heterocycles. The third-order valence-corrected chi connectivity index (χ3v) is 5.43. The van der Waals surface area contributed by atoms with Crippen LogP contribution >= 0.6 is 11.8 Å². The molecule has 1 heterocycles. The van der Waals surface area contributed by atoms with Gasteiger partial charge in [-0.1, -0.05) is 12.3 Å². The summed E-state index contributed by atoms with van der Waals surface area (Å²) in [7, 11) is 0. The van der Waals surface area contributed by atoms with Gasteiger partial charge < -0.3 is 5.32 Å². The van der Waals surface area contributed by atoms with Gasteiger partial charge in [0, 0.05) is 30.4 Å². The van der Waals surface area contributed by atoms with Crippen LogP contribution in [-0.2, 0) is 0 Å². The SMILES string of the molecule is C#CCN1CCC(NC2CCCC(SC)C2)CC1. The van der Waals surface area contributed by atoms with E-state index in [2.05, 4.69) is 22.4 Å². The lowest BCUT2D eigenvalue weighted by molar-refractivity contribution is 0.201. The first kappa shape index (κ1) is 14.2. The summed E-state index contributed by atoms with van der Waals surface area (Å²) < 4.78 is 0. The molecule has 2 nitrogen and oxygen atoms in total. The summed E-state index contributed by atoms with van der Waals surface area (Å²) in [6.45, 7) is 3.16. The molecule has 0 radical (unpaired) electrons. The Morgan fingerprint density at radius 3 is 2.67 bits per heavy atom. The Kier molecular flexibility index (Phi) is 5.88. The predicted octanol–water partition coefficient (Wildman–Crippen LogP) is 2.35. The fraction of sp³-hybridized carbons (Fsp3) is 0.867. The molecule has 2 atom stereocenters. The molecule has 2 fully saturated rings. The number of hydrogen-bond acceptors (Lipinski definition) is 3. The van der Waals surface area contributed by atoms with Gasteiger partial charge in [-0.15, -0.1) is 6.42 Å². The minimum atomic E-state index is 0.727. The summed E-state index contributed by atoms with van der Waals surface area (Å²) in [6.07, 6.45) is 15.7. The lowest BCUT2D eigenvalue weighted by atomic mass is 9.93. The van der Waals surface area contributed by atoms with Crippen LogP contribution in [0.4, 0.5) is 0 Å². The number of piperidine rings is 1. The average molecular weight is 266 g/mol. The smallest absolute Gasteiger partial charge is 0.0598 e. The molecule has 1 saturated carbocycles. The van der Waals surface area contributed by atoms with E-state index in [4.69, 9.17) is 6.42 Å². The second-order valence-corrected chi connectivity index (χ2v) is 6.78. The Morgan fingerprint density at radius 2 is 2.00 bits per heavy atom. The van der Waals surface area contributed by atoms with Crippen molar-refractivity contribution in [3.05, 3.63) is 0 Å². The lowest BCUT2D eigenvalue weighted by Gasteiger charge is -2.36. The fourth-order valence-electron chi connectivity index (χ4n) is 3.23. The fourth-order valence-corrected chi connectivity index (χ4v) is 4.06. The number of nitrogens with zero attached hydrogens (tertiary/aromatic N) is 1. The van der Waals surface area contributed by atoms with Crippen molar-refractivity contribution in [2.75, 3.05) is 25.9 Å². The minimum Gasteiger partial charge on any atom is -0.311 e. The monoisotopic (exact) mass is 266 g/mol. The van der Waals surface area contributed by atoms with Crippen LogP contribution in [-0.4, -0.2) is 48.1 Å². The van der Waals surface area contributed by atoms with Gasteiger partial charge in [0.15, 0.2) is 0 Å². The molecule has 0 aromatic rings. The van der Waals surface area contributed by atoms with Crippen molar-refractivity contribution < 1.29 is 0 Å². The van der Waals surface area contributed by atoms with E-state index in [1.54, 1.807) is 0 Å². The molecular weight excluding hydrogens is 240 g/mol. The van der Waals surface area contributed by atoms with Gasteiger partial charge in [-0.25, -0.2) is 0 Å². The summed E-state index contributed by atoms with van der Waals surface area (Å²) >= 11 is 2.05. The van der Waals surface area contributed by atoms with E-state index < -0.39 is 0 Å². The van der Waals surface area contributed by atoms with Gasteiger partial charge in [-0.2, -0.15) is 11.8 Å². The summed E-state index contributed by atoms with van der Waals surface area (Å²) in [5.41, 5.74) is 0. The maximum atomic E-state index is 5.36. The van der Waals surface area contributed by atoms with E-state index in [9.17, 15) is 0 Å². The van der Waals surface area contributed by atoms with Crippen molar-refractivity contribution in [1.29, 1.82) is 0 Å². The first-order chi connectivity index (χ1) is 8.81. The number of hydrogen-bond donors (Lipinski definition) is 1. The highest BCUT2D eigenvalue weighted by Gasteiger charge is 2.25. The van der Waals surface area contributed by atoms with Crippen molar-refractivity contribution in [2.45, 2.75) is 55.9 Å². The Hall–Kier alpha value is -0.170. The van der Waals surface area contributed by atoms with Crippen molar-refractivity contribution in [3.63, 3.8) is 0 Å². The van der Waals surface area contributed by atoms with Crippen molar-refractivity contribution in [2.24, 2.45) is 0 Å². The van der Waals surface area contributed by atoms with Crippen LogP contribution in [0.15, 0.2) is 0 Å². The Bertz CT molecular complexity index is 279. The van der Waals surface area contributed by atoms with Gasteiger partial charge in [0.1, 0.15) is 0 Å². The second kappa shape index (κ2) is 7.43. The van der Waals surface area contributed by atoms with E-state index in [0.29, 0.717) is 0 Å². The number of rotatable bonds is 4. The Labute approximate surface area is 116 Å². The quantitative estimate of drug-likeness (QED) is 0.786. The number of terminal acetylenes is 1. The maximum absolute atomic E-state index is 5.36. The van der Waals surface area contributed by atoms with Crippen LogP contribution in [0.5, 0.6) is 0 Å². The third kappa shape index (κ3) is 4.19. The minimum absolute atomic E-state index is 0.727. The molecule has 2 aliphatic rings. The van der Waals surface area contributed by atoms with Gasteiger partial charge in [0.25, 0.3) is 0 Å².